The summed E-state index contributed by atoms with van der Waals surface area (Å²) in [6, 6.07) is 10.8. The van der Waals surface area contributed by atoms with Crippen molar-refractivity contribution in [3.05, 3.63) is 36.0 Å². The third kappa shape index (κ3) is 3.20. The molecule has 0 atom stereocenters. The number of nitrogens with one attached hydrogen (secondary N) is 1. The number of carbonyl (C=O) groups is 1. The van der Waals surface area contributed by atoms with Crippen LogP contribution in [0.3, 0.4) is 0 Å². The van der Waals surface area contributed by atoms with Gasteiger partial charge in [-0.25, -0.2) is 0 Å². The monoisotopic (exact) mass is 254 g/mol. The van der Waals surface area contributed by atoms with Crippen molar-refractivity contribution < 1.29 is 56.2 Å². The van der Waals surface area contributed by atoms with Crippen LogP contribution in [-0.4, -0.2) is 16.5 Å². The fourth-order valence-corrected chi connectivity index (χ4v) is 1.78. The van der Waals surface area contributed by atoms with E-state index in [2.05, 4.69) is 11.4 Å². The fraction of sp³-hybridized carbons (Fsp3) is 0.308. The minimum absolute atomic E-state index is 0. The molecular weight excluding hydrogens is 239 g/mol. The molecule has 0 fully saturated rings. The maximum atomic E-state index is 11.9. The molecule has 3 nitrogen and oxygen atoms in total. The first-order valence-corrected chi connectivity index (χ1v) is 5.36. The van der Waals surface area contributed by atoms with E-state index >= 15 is 0 Å². The molecule has 0 saturated heterocycles. The Morgan fingerprint density at radius 2 is 2.18 bits per heavy atom. The summed E-state index contributed by atoms with van der Waals surface area (Å²) >= 11 is 0. The molecule has 1 amide bonds. The van der Waals surface area contributed by atoms with Gasteiger partial charge in [0.25, 0.3) is 5.91 Å². The molecule has 1 aromatic carbocycles. The van der Waals surface area contributed by atoms with E-state index in [-0.39, 0.29) is 63.3 Å². The van der Waals surface area contributed by atoms with Crippen molar-refractivity contribution in [1.29, 1.82) is 0 Å². The van der Waals surface area contributed by atoms with E-state index in [1.807, 2.05) is 49.7 Å². The molecule has 2 rings (SSSR count). The number of nitrogens with zero attached hydrogens (tertiary/aromatic N) is 1. The van der Waals surface area contributed by atoms with Crippen molar-refractivity contribution in [2.24, 2.45) is 7.05 Å². The summed E-state index contributed by atoms with van der Waals surface area (Å²) in [5, 5.41) is 3.93. The minimum atomic E-state index is -0.0336. The number of benzene rings is 1. The van der Waals surface area contributed by atoms with Gasteiger partial charge in [-0.1, -0.05) is 11.6 Å². The zero-order chi connectivity index (χ0) is 11.7. The summed E-state index contributed by atoms with van der Waals surface area (Å²) in [5.41, 5.74) is 1.73. The summed E-state index contributed by atoms with van der Waals surface area (Å²) in [5.74, 6) is -0.0336. The van der Waals surface area contributed by atoms with Crippen LogP contribution >= 0.6 is 0 Å². The second-order valence-electron chi connectivity index (χ2n) is 4.20. The number of aromatic nitrogens is 1. The van der Waals surface area contributed by atoms with E-state index in [9.17, 15) is 4.79 Å². The quantitative estimate of drug-likeness (QED) is 0.548. The van der Waals surface area contributed by atoms with Gasteiger partial charge in [0.05, 0.1) is 5.69 Å². The Hall–Kier alpha value is -0.134. The zero-order valence-electron chi connectivity index (χ0n) is 10.7. The Balaban J connectivity index is 0.00000144. The molecule has 17 heavy (non-hydrogen) atoms. The van der Waals surface area contributed by atoms with E-state index in [0.717, 1.165) is 10.9 Å². The minimum Gasteiger partial charge on any atom is -0.364 e. The molecule has 0 bridgehead atoms. The van der Waals surface area contributed by atoms with Gasteiger partial charge in [0, 0.05) is 13.1 Å². The van der Waals surface area contributed by atoms with E-state index < -0.39 is 0 Å². The molecule has 1 heterocycles. The molecule has 0 aliphatic heterocycles. The number of carbonyl (C=O) groups excluding carboxylic acids is 1. The van der Waals surface area contributed by atoms with Crippen molar-refractivity contribution in [2.45, 2.75) is 19.9 Å². The predicted octanol–water partition coefficient (Wildman–Crippen LogP) is -0.879. The van der Waals surface area contributed by atoms with E-state index in [1.165, 1.54) is 0 Å². The SMILES string of the molecule is CC(C)NC(=O)c1cc2c[c-]ccc2n1C.[K+]. The number of rotatable bonds is 2. The summed E-state index contributed by atoms with van der Waals surface area (Å²) in [4.78, 5) is 11.9. The predicted molar refractivity (Wildman–Crippen MR) is 64.4 cm³/mol. The standard InChI is InChI=1S/C13H15N2O.K/c1-9(2)14-13(16)12-8-10-6-4-5-7-11(10)15(12)3;/h5-9H,1-3H3,(H,14,16);/q-1;+1. The van der Waals surface area contributed by atoms with Crippen LogP contribution in [-0.2, 0) is 7.05 Å². The molecule has 4 heteroatoms. The van der Waals surface area contributed by atoms with Gasteiger partial charge >= 0.3 is 51.4 Å². The summed E-state index contributed by atoms with van der Waals surface area (Å²) in [6.07, 6.45) is 0. The van der Waals surface area contributed by atoms with Gasteiger partial charge in [-0.3, -0.25) is 4.79 Å². The molecule has 0 spiro atoms. The number of fused-ring (bicyclic) bond motifs is 1. The van der Waals surface area contributed by atoms with E-state index in [0.29, 0.717) is 5.69 Å². The van der Waals surface area contributed by atoms with Crippen LogP contribution in [0.15, 0.2) is 24.3 Å². The average molecular weight is 254 g/mol. The van der Waals surface area contributed by atoms with Gasteiger partial charge < -0.3 is 9.88 Å². The molecule has 1 aromatic heterocycles. The summed E-state index contributed by atoms with van der Waals surface area (Å²) < 4.78 is 1.90. The Bertz CT molecular complexity index is 531. The van der Waals surface area contributed by atoms with E-state index in [1.54, 1.807) is 0 Å². The Labute approximate surface area is 144 Å². The van der Waals surface area contributed by atoms with Crippen LogP contribution in [0.4, 0.5) is 0 Å². The summed E-state index contributed by atoms with van der Waals surface area (Å²) in [6.45, 7) is 3.91. The molecule has 2 aromatic rings. The van der Waals surface area contributed by atoms with Crippen molar-refractivity contribution >= 4 is 16.8 Å². The Morgan fingerprint density at radius 3 is 2.76 bits per heavy atom. The first-order valence-electron chi connectivity index (χ1n) is 5.36. The average Bonchev–Trinajstić information content (AvgIpc) is 2.56. The maximum Gasteiger partial charge on any atom is 1.00 e. The topological polar surface area (TPSA) is 34.0 Å². The van der Waals surface area contributed by atoms with Crippen molar-refractivity contribution in [2.75, 3.05) is 0 Å². The molecular formula is C13H15KN2O. The number of aryl methyl sites for hydroxylation is 1. The normalized spacial score (nSPS) is 10.4. The van der Waals surface area contributed by atoms with Gasteiger partial charge in [0.15, 0.2) is 0 Å². The molecule has 0 saturated carbocycles. The van der Waals surface area contributed by atoms with Crippen LogP contribution in [0, 0.1) is 6.07 Å². The van der Waals surface area contributed by atoms with E-state index in [4.69, 9.17) is 0 Å². The maximum absolute atomic E-state index is 11.9. The summed E-state index contributed by atoms with van der Waals surface area (Å²) in [7, 11) is 1.90. The van der Waals surface area contributed by atoms with Gasteiger partial charge in [0.2, 0.25) is 0 Å². The van der Waals surface area contributed by atoms with Crippen LogP contribution in [0.25, 0.3) is 10.9 Å². The van der Waals surface area contributed by atoms with Crippen LogP contribution in [0.5, 0.6) is 0 Å². The number of hydrogen-bond donors (Lipinski definition) is 1. The Kier molecular flexibility index (Phi) is 5.41. The molecule has 0 unspecified atom stereocenters. The van der Waals surface area contributed by atoms with Gasteiger partial charge in [-0.2, -0.15) is 18.2 Å². The van der Waals surface area contributed by atoms with Gasteiger partial charge in [0.1, 0.15) is 0 Å². The largest absolute Gasteiger partial charge is 1.00 e. The number of hydrogen-bond acceptors (Lipinski definition) is 1. The third-order valence-electron chi connectivity index (χ3n) is 2.54. The van der Waals surface area contributed by atoms with Crippen molar-refractivity contribution in [3.63, 3.8) is 0 Å². The van der Waals surface area contributed by atoms with Crippen molar-refractivity contribution in [3.8, 4) is 0 Å². The van der Waals surface area contributed by atoms with Crippen molar-refractivity contribution in [1.82, 2.24) is 9.88 Å². The van der Waals surface area contributed by atoms with Gasteiger partial charge in [-0.15, -0.1) is 11.5 Å². The number of amides is 1. The second kappa shape index (κ2) is 6.16. The molecule has 0 aliphatic carbocycles. The molecule has 0 aliphatic rings. The van der Waals surface area contributed by atoms with Crippen LogP contribution in [0.1, 0.15) is 24.3 Å². The first-order chi connectivity index (χ1) is 7.59. The van der Waals surface area contributed by atoms with Crippen LogP contribution in [0.2, 0.25) is 0 Å². The second-order valence-corrected chi connectivity index (χ2v) is 4.20. The van der Waals surface area contributed by atoms with Gasteiger partial charge in [-0.05, 0) is 13.8 Å². The first kappa shape index (κ1) is 14.9. The zero-order valence-corrected chi connectivity index (χ0v) is 13.9. The molecule has 0 radical (unpaired) electrons. The Morgan fingerprint density at radius 1 is 1.47 bits per heavy atom. The molecule has 84 valence electrons. The fourth-order valence-electron chi connectivity index (χ4n) is 1.78. The van der Waals surface area contributed by atoms with Crippen LogP contribution < -0.4 is 56.7 Å². The molecule has 1 N–H and O–H groups in total. The smallest absolute Gasteiger partial charge is 0.364 e. The third-order valence-corrected chi connectivity index (χ3v) is 2.54.